The second kappa shape index (κ2) is 7.32. The molecule has 9 heteroatoms. The molecule has 0 radical (unpaired) electrons. The molecule has 2 saturated heterocycles. The van der Waals surface area contributed by atoms with Crippen molar-refractivity contribution in [3.8, 4) is 0 Å². The number of hydrogen-bond acceptors (Lipinski definition) is 5. The maximum Gasteiger partial charge on any atom is 0.243 e. The summed E-state index contributed by atoms with van der Waals surface area (Å²) in [6.07, 6.45) is 3.32. The van der Waals surface area contributed by atoms with E-state index in [2.05, 4.69) is 5.32 Å². The van der Waals surface area contributed by atoms with E-state index in [1.807, 2.05) is 0 Å². The van der Waals surface area contributed by atoms with E-state index in [0.29, 0.717) is 26.2 Å². The molecule has 140 valence electrons. The van der Waals surface area contributed by atoms with Gasteiger partial charge in [-0.15, -0.1) is 0 Å². The number of sulfonamides is 2. The highest BCUT2D eigenvalue weighted by Gasteiger charge is 2.36. The molecule has 0 bridgehead atoms. The Morgan fingerprint density at radius 3 is 2.28 bits per heavy atom. The van der Waals surface area contributed by atoms with Crippen LogP contribution in [0.4, 0.5) is 0 Å². The monoisotopic (exact) mass is 387 g/mol. The van der Waals surface area contributed by atoms with Gasteiger partial charge in [0.1, 0.15) is 0 Å². The smallest absolute Gasteiger partial charge is 0.243 e. The van der Waals surface area contributed by atoms with Gasteiger partial charge >= 0.3 is 0 Å². The number of likely N-dealkylation sites (N-methyl/N-ethyl adjacent to an activating group) is 1. The summed E-state index contributed by atoms with van der Waals surface area (Å²) in [4.78, 5) is 0.107. The Kier molecular flexibility index (Phi) is 5.50. The fourth-order valence-electron chi connectivity index (χ4n) is 3.57. The molecule has 1 aromatic rings. The van der Waals surface area contributed by atoms with Crippen molar-refractivity contribution >= 4 is 20.0 Å². The van der Waals surface area contributed by atoms with E-state index < -0.39 is 20.0 Å². The molecule has 1 N–H and O–H groups in total. The normalized spacial score (nSPS) is 23.3. The van der Waals surface area contributed by atoms with Gasteiger partial charge in [-0.1, -0.05) is 6.07 Å². The van der Waals surface area contributed by atoms with Crippen molar-refractivity contribution in [1.82, 2.24) is 13.9 Å². The average Bonchev–Trinajstić information content (AvgIpc) is 3.27. The Bertz CT molecular complexity index is 818. The lowest BCUT2D eigenvalue weighted by Gasteiger charge is -2.24. The molecule has 7 nitrogen and oxygen atoms in total. The third-order valence-electron chi connectivity index (χ3n) is 4.88. The standard InChI is InChI=1S/C16H25N3O4S2/c1-17-13-14-6-5-11-19(14)25(22,23)16-8-4-7-15(12-16)24(20,21)18-9-2-3-10-18/h4,7-8,12,14,17H,2-3,5-6,9-11,13H2,1H3. The van der Waals surface area contributed by atoms with Crippen LogP contribution in [0.5, 0.6) is 0 Å². The van der Waals surface area contributed by atoms with Crippen LogP contribution in [0.25, 0.3) is 0 Å². The van der Waals surface area contributed by atoms with Crippen LogP contribution in [0.1, 0.15) is 25.7 Å². The predicted octanol–water partition coefficient (Wildman–Crippen LogP) is 0.844. The number of hydrogen-bond donors (Lipinski definition) is 1. The van der Waals surface area contributed by atoms with E-state index >= 15 is 0 Å². The van der Waals surface area contributed by atoms with Crippen molar-refractivity contribution in [1.29, 1.82) is 0 Å². The molecule has 1 unspecified atom stereocenters. The predicted molar refractivity (Wildman–Crippen MR) is 95.3 cm³/mol. The maximum absolute atomic E-state index is 13.0. The van der Waals surface area contributed by atoms with Crippen LogP contribution in [0.15, 0.2) is 34.1 Å². The summed E-state index contributed by atoms with van der Waals surface area (Å²) >= 11 is 0. The summed E-state index contributed by atoms with van der Waals surface area (Å²) in [5.41, 5.74) is 0. The van der Waals surface area contributed by atoms with Gasteiger partial charge in [0.15, 0.2) is 0 Å². The Morgan fingerprint density at radius 1 is 1.00 bits per heavy atom. The molecule has 2 heterocycles. The van der Waals surface area contributed by atoms with E-state index in [0.717, 1.165) is 25.7 Å². The van der Waals surface area contributed by atoms with E-state index in [9.17, 15) is 16.8 Å². The second-order valence-electron chi connectivity index (χ2n) is 6.56. The SMILES string of the molecule is CNCC1CCCN1S(=O)(=O)c1cccc(S(=O)(=O)N2CCCC2)c1. The van der Waals surface area contributed by atoms with Crippen molar-refractivity contribution < 1.29 is 16.8 Å². The number of nitrogens with zero attached hydrogens (tertiary/aromatic N) is 2. The number of rotatable bonds is 6. The molecular weight excluding hydrogens is 362 g/mol. The Balaban J connectivity index is 1.93. The van der Waals surface area contributed by atoms with Gasteiger partial charge in [-0.25, -0.2) is 16.8 Å². The fourth-order valence-corrected chi connectivity index (χ4v) is 6.95. The lowest BCUT2D eigenvalue weighted by molar-refractivity contribution is 0.379. The summed E-state index contributed by atoms with van der Waals surface area (Å²) < 4.78 is 54.4. The highest BCUT2D eigenvalue weighted by atomic mass is 32.2. The van der Waals surface area contributed by atoms with Gasteiger partial charge < -0.3 is 5.32 Å². The zero-order valence-electron chi connectivity index (χ0n) is 14.4. The van der Waals surface area contributed by atoms with Crippen LogP contribution in [0, 0.1) is 0 Å². The van der Waals surface area contributed by atoms with Gasteiger partial charge in [0.25, 0.3) is 0 Å². The molecule has 2 aliphatic heterocycles. The molecule has 0 aromatic heterocycles. The molecule has 0 aliphatic carbocycles. The first kappa shape index (κ1) is 18.8. The minimum atomic E-state index is -3.71. The minimum absolute atomic E-state index is 0.0516. The van der Waals surface area contributed by atoms with E-state index in [-0.39, 0.29) is 15.8 Å². The third-order valence-corrected chi connectivity index (χ3v) is 8.72. The lowest BCUT2D eigenvalue weighted by Crippen LogP contribution is -2.40. The molecule has 2 fully saturated rings. The maximum atomic E-state index is 13.0. The summed E-state index contributed by atoms with van der Waals surface area (Å²) in [5.74, 6) is 0. The Labute approximate surface area is 150 Å². The van der Waals surface area contributed by atoms with Crippen LogP contribution >= 0.6 is 0 Å². The average molecular weight is 388 g/mol. The van der Waals surface area contributed by atoms with E-state index in [1.54, 1.807) is 7.05 Å². The van der Waals surface area contributed by atoms with Crippen LogP contribution in [-0.4, -0.2) is 64.7 Å². The van der Waals surface area contributed by atoms with Gasteiger partial charge in [0.2, 0.25) is 20.0 Å². The zero-order chi connectivity index (χ0) is 18.1. The van der Waals surface area contributed by atoms with Gasteiger partial charge in [0.05, 0.1) is 9.79 Å². The van der Waals surface area contributed by atoms with Crippen molar-refractivity contribution in [2.24, 2.45) is 0 Å². The van der Waals surface area contributed by atoms with Crippen LogP contribution in [0.2, 0.25) is 0 Å². The van der Waals surface area contributed by atoms with Crippen LogP contribution in [-0.2, 0) is 20.0 Å². The van der Waals surface area contributed by atoms with Crippen molar-refractivity contribution in [3.05, 3.63) is 24.3 Å². The lowest BCUT2D eigenvalue weighted by atomic mass is 10.2. The van der Waals surface area contributed by atoms with Gasteiger partial charge in [-0.05, 0) is 50.9 Å². The molecule has 3 rings (SSSR count). The van der Waals surface area contributed by atoms with Gasteiger partial charge in [-0.3, -0.25) is 0 Å². The molecule has 0 saturated carbocycles. The minimum Gasteiger partial charge on any atom is -0.318 e. The highest BCUT2D eigenvalue weighted by Crippen LogP contribution is 2.28. The van der Waals surface area contributed by atoms with E-state index in [4.69, 9.17) is 0 Å². The number of nitrogens with one attached hydrogen (secondary N) is 1. The second-order valence-corrected chi connectivity index (χ2v) is 10.4. The molecule has 1 atom stereocenters. The van der Waals surface area contributed by atoms with Gasteiger partial charge in [0, 0.05) is 32.2 Å². The fraction of sp³-hybridized carbons (Fsp3) is 0.625. The summed E-state index contributed by atoms with van der Waals surface area (Å²) in [5, 5.41) is 3.03. The zero-order valence-corrected chi connectivity index (χ0v) is 16.0. The topological polar surface area (TPSA) is 86.8 Å². The first-order valence-corrected chi connectivity index (χ1v) is 11.5. The molecular formula is C16H25N3O4S2. The number of benzene rings is 1. The Hall–Kier alpha value is -1.00. The molecule has 25 heavy (non-hydrogen) atoms. The summed E-state index contributed by atoms with van der Waals surface area (Å²) in [6.45, 7) is 2.05. The quantitative estimate of drug-likeness (QED) is 0.782. The van der Waals surface area contributed by atoms with Crippen molar-refractivity contribution in [2.75, 3.05) is 33.2 Å². The molecule has 0 spiro atoms. The summed E-state index contributed by atoms with van der Waals surface area (Å²) in [7, 11) is -5.54. The molecule has 1 aromatic carbocycles. The first-order valence-electron chi connectivity index (χ1n) is 8.64. The van der Waals surface area contributed by atoms with Gasteiger partial charge in [-0.2, -0.15) is 8.61 Å². The highest BCUT2D eigenvalue weighted by molar-refractivity contribution is 7.90. The van der Waals surface area contributed by atoms with Crippen LogP contribution in [0.3, 0.4) is 0 Å². The first-order chi connectivity index (χ1) is 11.9. The van der Waals surface area contributed by atoms with Crippen LogP contribution < -0.4 is 5.32 Å². The van der Waals surface area contributed by atoms with Crippen molar-refractivity contribution in [3.63, 3.8) is 0 Å². The van der Waals surface area contributed by atoms with E-state index in [1.165, 1.54) is 32.9 Å². The van der Waals surface area contributed by atoms with Crippen molar-refractivity contribution in [2.45, 2.75) is 41.5 Å². The summed E-state index contributed by atoms with van der Waals surface area (Å²) in [6, 6.07) is 5.68. The Morgan fingerprint density at radius 2 is 1.64 bits per heavy atom. The third kappa shape index (κ3) is 3.61. The molecule has 0 amide bonds. The molecule has 2 aliphatic rings. The largest absolute Gasteiger partial charge is 0.318 e.